The van der Waals surface area contributed by atoms with E-state index in [2.05, 4.69) is 62.5 Å². The topological polar surface area (TPSA) is 37.4 Å². The van der Waals surface area contributed by atoms with Gasteiger partial charge in [-0.25, -0.2) is 8.42 Å². The van der Waals surface area contributed by atoms with Crippen molar-refractivity contribution in [3.05, 3.63) is 42.5 Å². The van der Waals surface area contributed by atoms with E-state index < -0.39 is 18.1 Å². The van der Waals surface area contributed by atoms with Gasteiger partial charge >= 0.3 is 0 Å². The van der Waals surface area contributed by atoms with Gasteiger partial charge in [0.25, 0.3) is 0 Å². The predicted molar refractivity (Wildman–Crippen MR) is 121 cm³/mol. The van der Waals surface area contributed by atoms with Gasteiger partial charge in [-0.2, -0.15) is 4.31 Å². The Bertz CT molecular complexity index is 933. The molecule has 0 saturated carbocycles. The Morgan fingerprint density at radius 2 is 1.57 bits per heavy atom. The van der Waals surface area contributed by atoms with E-state index in [0.717, 1.165) is 23.7 Å². The van der Waals surface area contributed by atoms with Crippen molar-refractivity contribution in [1.29, 1.82) is 0 Å². The minimum Gasteiger partial charge on any atom is -0.207 e. The molecule has 0 aliphatic rings. The molecule has 28 heavy (non-hydrogen) atoms. The van der Waals surface area contributed by atoms with Crippen LogP contribution in [0.15, 0.2) is 41.8 Å². The maximum atomic E-state index is 12.8. The van der Waals surface area contributed by atoms with Crippen LogP contribution in [0, 0.1) is 42.1 Å². The van der Waals surface area contributed by atoms with Crippen molar-refractivity contribution in [1.82, 2.24) is 4.31 Å². The normalized spacial score (nSPS) is 10.8. The molecule has 0 saturated heterocycles. The van der Waals surface area contributed by atoms with E-state index in [1.807, 2.05) is 6.92 Å². The van der Waals surface area contributed by atoms with Crippen molar-refractivity contribution in [2.75, 3.05) is 13.1 Å². The summed E-state index contributed by atoms with van der Waals surface area (Å²) in [6, 6.07) is 10.2. The number of nitrogens with zero attached hydrogens (tertiary/aromatic N) is 1. The fourth-order valence-corrected chi connectivity index (χ4v) is 6.34. The highest BCUT2D eigenvalue weighted by Gasteiger charge is 2.24. The molecule has 5 heteroatoms. The van der Waals surface area contributed by atoms with Crippen LogP contribution in [0.5, 0.6) is 0 Å². The van der Waals surface area contributed by atoms with Crippen LogP contribution in [-0.2, 0) is 10.0 Å². The second-order valence-corrected chi connectivity index (χ2v) is 13.4. The summed E-state index contributed by atoms with van der Waals surface area (Å²) in [5.41, 5.74) is 4.39. The third-order valence-corrected chi connectivity index (χ3v) is 11.4. The van der Waals surface area contributed by atoms with Crippen molar-refractivity contribution >= 4 is 18.1 Å². The summed E-state index contributed by atoms with van der Waals surface area (Å²) >= 11 is 0. The van der Waals surface area contributed by atoms with Crippen LogP contribution in [-0.4, -0.2) is 33.9 Å². The van der Waals surface area contributed by atoms with Gasteiger partial charge in [0.2, 0.25) is 10.0 Å². The van der Waals surface area contributed by atoms with Crippen molar-refractivity contribution < 1.29 is 8.42 Å². The molecule has 0 aromatic heterocycles. The largest absolute Gasteiger partial charge is 0.244 e. The molecule has 0 radical (unpaired) electrons. The monoisotopic (exact) mass is 411 g/mol. The first-order valence-electron chi connectivity index (χ1n) is 9.53. The maximum Gasteiger partial charge on any atom is 0.244 e. The van der Waals surface area contributed by atoms with E-state index in [4.69, 9.17) is 0 Å². The predicted octanol–water partition coefficient (Wildman–Crippen LogP) is 4.23. The van der Waals surface area contributed by atoms with E-state index in [9.17, 15) is 8.42 Å². The van der Waals surface area contributed by atoms with Gasteiger partial charge in [-0.3, -0.25) is 0 Å². The highest BCUT2D eigenvalue weighted by Crippen LogP contribution is 2.18. The smallest absolute Gasteiger partial charge is 0.207 e. The summed E-state index contributed by atoms with van der Waals surface area (Å²) in [7, 11) is -5.11. The molecule has 0 amide bonds. The van der Waals surface area contributed by atoms with Gasteiger partial charge in [0.15, 0.2) is 0 Å². The molecule has 1 rings (SSSR count). The van der Waals surface area contributed by atoms with E-state index in [0.29, 0.717) is 0 Å². The minimum atomic E-state index is -3.62. The quantitative estimate of drug-likeness (QED) is 0.365. The Labute approximate surface area is 172 Å². The van der Waals surface area contributed by atoms with Crippen molar-refractivity contribution in [2.24, 2.45) is 0 Å². The minimum absolute atomic E-state index is 0.0574. The number of sulfonamides is 1. The van der Waals surface area contributed by atoms with Gasteiger partial charge in [-0.05, 0) is 60.9 Å². The average molecular weight is 412 g/mol. The van der Waals surface area contributed by atoms with Gasteiger partial charge in [0.05, 0.1) is 11.4 Å². The molecule has 0 spiro atoms. The van der Waals surface area contributed by atoms with Crippen LogP contribution < -0.4 is 0 Å². The molecule has 0 fully saturated rings. The SMILES string of the molecule is C=CCN(CC#CC#CC#C[Si](CC)(CC)CC)S(=O)(=O)c1ccc(C)cc1. The average Bonchev–Trinajstić information content (AvgIpc) is 2.70. The number of rotatable bonds is 8. The van der Waals surface area contributed by atoms with Crippen LogP contribution in [0.2, 0.25) is 18.1 Å². The first-order chi connectivity index (χ1) is 13.3. The molecule has 3 nitrogen and oxygen atoms in total. The Morgan fingerprint density at radius 3 is 2.11 bits per heavy atom. The standard InChI is InChI=1S/C23H29NO2SSi/c1-6-19-24(27(25,26)23-17-15-22(5)16-18-23)20-13-11-10-12-14-21-28(7-2,8-3)9-4/h6,15-18H,1,7-9,19-20H2,2-5H3. The van der Waals surface area contributed by atoms with E-state index in [1.165, 1.54) is 4.31 Å². The van der Waals surface area contributed by atoms with Crippen molar-refractivity contribution in [3.8, 4) is 35.1 Å². The molecule has 0 aliphatic heterocycles. The lowest BCUT2D eigenvalue weighted by atomic mass is 10.2. The van der Waals surface area contributed by atoms with Gasteiger partial charge in [0.1, 0.15) is 8.07 Å². The number of aryl methyl sites for hydroxylation is 1. The summed E-state index contributed by atoms with van der Waals surface area (Å²) < 4.78 is 26.8. The molecule has 0 N–H and O–H groups in total. The van der Waals surface area contributed by atoms with Crippen LogP contribution in [0.1, 0.15) is 26.3 Å². The first kappa shape index (κ1) is 23.8. The highest BCUT2D eigenvalue weighted by atomic mass is 32.2. The van der Waals surface area contributed by atoms with E-state index in [1.54, 1.807) is 30.3 Å². The second kappa shape index (κ2) is 11.6. The Hall–Kier alpha value is -2.23. The van der Waals surface area contributed by atoms with E-state index >= 15 is 0 Å². The van der Waals surface area contributed by atoms with E-state index in [-0.39, 0.29) is 18.0 Å². The summed E-state index contributed by atoms with van der Waals surface area (Å²) in [5.74, 6) is 14.0. The molecule has 0 aliphatic carbocycles. The molecular formula is C23H29NO2SSi. The van der Waals surface area contributed by atoms with Crippen LogP contribution in [0.4, 0.5) is 0 Å². The Kier molecular flexibility index (Phi) is 9.84. The zero-order valence-corrected chi connectivity index (χ0v) is 19.1. The second-order valence-electron chi connectivity index (χ2n) is 6.54. The Balaban J connectivity index is 2.90. The Morgan fingerprint density at radius 1 is 1.00 bits per heavy atom. The lowest BCUT2D eigenvalue weighted by molar-refractivity contribution is 0.478. The fraction of sp³-hybridized carbons (Fsp3) is 0.391. The molecule has 0 heterocycles. The molecule has 1 aromatic carbocycles. The van der Waals surface area contributed by atoms with Crippen molar-refractivity contribution in [2.45, 2.75) is 50.7 Å². The van der Waals surface area contributed by atoms with Crippen LogP contribution >= 0.6 is 0 Å². The zero-order valence-electron chi connectivity index (χ0n) is 17.3. The third kappa shape index (κ3) is 6.74. The first-order valence-corrected chi connectivity index (χ1v) is 13.6. The molecule has 1 aromatic rings. The lowest BCUT2D eigenvalue weighted by Gasteiger charge is -2.19. The summed E-state index contributed by atoms with van der Waals surface area (Å²) in [5, 5.41) is 0. The van der Waals surface area contributed by atoms with Crippen LogP contribution in [0.3, 0.4) is 0 Å². The van der Waals surface area contributed by atoms with Gasteiger partial charge in [-0.15, -0.1) is 12.1 Å². The molecule has 148 valence electrons. The lowest BCUT2D eigenvalue weighted by Crippen LogP contribution is -2.31. The van der Waals surface area contributed by atoms with Crippen molar-refractivity contribution in [3.63, 3.8) is 0 Å². The van der Waals surface area contributed by atoms with Crippen LogP contribution in [0.25, 0.3) is 0 Å². The summed E-state index contributed by atoms with van der Waals surface area (Å²) in [4.78, 5) is 0.249. The molecule has 0 bridgehead atoms. The maximum absolute atomic E-state index is 12.8. The molecule has 0 atom stereocenters. The summed E-state index contributed by atoms with van der Waals surface area (Å²) in [6.07, 6.45) is 1.55. The molecular weight excluding hydrogens is 382 g/mol. The van der Waals surface area contributed by atoms with Gasteiger partial charge < -0.3 is 0 Å². The number of benzene rings is 1. The fourth-order valence-electron chi connectivity index (χ4n) is 2.66. The highest BCUT2D eigenvalue weighted by molar-refractivity contribution is 7.89. The van der Waals surface area contributed by atoms with Gasteiger partial charge in [0, 0.05) is 6.54 Å². The molecule has 0 unspecified atom stereocenters. The zero-order chi connectivity index (χ0) is 21.0. The summed E-state index contributed by atoms with van der Waals surface area (Å²) in [6.45, 7) is 12.4. The number of hydrogen-bond acceptors (Lipinski definition) is 2. The van der Waals surface area contributed by atoms with Gasteiger partial charge in [-0.1, -0.05) is 50.5 Å². The third-order valence-electron chi connectivity index (χ3n) is 4.88. The number of hydrogen-bond donors (Lipinski definition) is 0.